The van der Waals surface area contributed by atoms with Crippen LogP contribution < -0.4 is 15.8 Å². The zero-order chi connectivity index (χ0) is 19.5. The van der Waals surface area contributed by atoms with Crippen molar-refractivity contribution in [2.75, 3.05) is 12.8 Å². The third-order valence-corrected chi connectivity index (χ3v) is 4.28. The Kier molecular flexibility index (Phi) is 4.59. The molecule has 0 aliphatic carbocycles. The average Bonchev–Trinajstić information content (AvgIpc) is 3.18. The molecule has 1 amide bonds. The van der Waals surface area contributed by atoms with Gasteiger partial charge in [0.2, 0.25) is 0 Å². The minimum atomic E-state index is -0.258. The molecule has 0 aliphatic heterocycles. The number of methoxy groups -OCH3 is 1. The van der Waals surface area contributed by atoms with E-state index >= 15 is 0 Å². The van der Waals surface area contributed by atoms with Gasteiger partial charge in [-0.3, -0.25) is 9.78 Å². The molecule has 4 aromatic rings. The number of carbonyl (C=O) groups excluding carboxylic acids is 1. The Hall–Kier alpha value is -3.94. The summed E-state index contributed by atoms with van der Waals surface area (Å²) in [5, 5.41) is 7.27. The lowest BCUT2D eigenvalue weighted by Gasteiger charge is -2.10. The van der Waals surface area contributed by atoms with E-state index in [1.165, 1.54) is 4.52 Å². The molecule has 0 radical (unpaired) electrons. The first-order chi connectivity index (χ1) is 13.7. The van der Waals surface area contributed by atoms with E-state index in [0.29, 0.717) is 29.4 Å². The van der Waals surface area contributed by atoms with E-state index in [0.717, 1.165) is 16.9 Å². The molecule has 0 bridgehead atoms. The van der Waals surface area contributed by atoms with Gasteiger partial charge in [-0.1, -0.05) is 18.2 Å². The largest absolute Gasteiger partial charge is 0.496 e. The summed E-state index contributed by atoms with van der Waals surface area (Å²) in [6, 6.07) is 14.4. The zero-order valence-corrected chi connectivity index (χ0v) is 15.2. The van der Waals surface area contributed by atoms with Crippen molar-refractivity contribution in [3.8, 4) is 17.1 Å². The molecule has 1 aromatic carbocycles. The lowest BCUT2D eigenvalue weighted by atomic mass is 10.2. The van der Waals surface area contributed by atoms with Crippen LogP contribution in [-0.4, -0.2) is 32.6 Å². The summed E-state index contributed by atoms with van der Waals surface area (Å²) in [6.45, 7) is 0.335. The Morgan fingerprint density at radius 3 is 2.86 bits per heavy atom. The van der Waals surface area contributed by atoms with Gasteiger partial charge in [0, 0.05) is 35.6 Å². The van der Waals surface area contributed by atoms with E-state index in [4.69, 9.17) is 10.5 Å². The van der Waals surface area contributed by atoms with Crippen LogP contribution in [0.1, 0.15) is 15.9 Å². The van der Waals surface area contributed by atoms with Gasteiger partial charge in [-0.2, -0.15) is 4.52 Å². The molecular weight excluding hydrogens is 356 g/mol. The number of nitrogen functional groups attached to an aromatic ring is 1. The zero-order valence-electron chi connectivity index (χ0n) is 15.2. The summed E-state index contributed by atoms with van der Waals surface area (Å²) in [7, 11) is 1.60. The van der Waals surface area contributed by atoms with Crippen LogP contribution in [0.3, 0.4) is 0 Å². The molecule has 0 unspecified atom stereocenters. The summed E-state index contributed by atoms with van der Waals surface area (Å²) in [5.41, 5.74) is 8.63. The molecule has 4 rings (SSSR count). The molecule has 3 heterocycles. The number of aromatic nitrogens is 4. The molecule has 3 aromatic heterocycles. The van der Waals surface area contributed by atoms with Crippen molar-refractivity contribution >= 4 is 17.4 Å². The van der Waals surface area contributed by atoms with Crippen LogP contribution in [0.4, 0.5) is 5.82 Å². The normalized spacial score (nSPS) is 10.8. The monoisotopic (exact) mass is 374 g/mol. The number of ether oxygens (including phenoxy) is 1. The molecule has 0 fully saturated rings. The van der Waals surface area contributed by atoms with Gasteiger partial charge < -0.3 is 15.8 Å². The van der Waals surface area contributed by atoms with Crippen molar-refractivity contribution in [3.63, 3.8) is 0 Å². The van der Waals surface area contributed by atoms with Gasteiger partial charge in [-0.15, -0.1) is 5.10 Å². The lowest BCUT2D eigenvalue weighted by Crippen LogP contribution is -2.23. The second kappa shape index (κ2) is 7.36. The molecule has 28 heavy (non-hydrogen) atoms. The van der Waals surface area contributed by atoms with Crippen LogP contribution in [0.5, 0.6) is 5.75 Å². The highest BCUT2D eigenvalue weighted by atomic mass is 16.5. The van der Waals surface area contributed by atoms with Gasteiger partial charge in [-0.05, 0) is 30.3 Å². The number of benzene rings is 1. The molecule has 0 aliphatic rings. The number of anilines is 1. The summed E-state index contributed by atoms with van der Waals surface area (Å²) >= 11 is 0. The SMILES string of the molecule is COc1ccccc1CNC(=O)c1cc(N)n2nc(-c3cccnc3)nc2c1. The number of rotatable bonds is 5. The Bertz CT molecular complexity index is 1140. The molecule has 8 nitrogen and oxygen atoms in total. The first kappa shape index (κ1) is 17.5. The van der Waals surface area contributed by atoms with E-state index in [2.05, 4.69) is 20.4 Å². The van der Waals surface area contributed by atoms with E-state index < -0.39 is 0 Å². The van der Waals surface area contributed by atoms with Crippen molar-refractivity contribution in [2.45, 2.75) is 6.54 Å². The van der Waals surface area contributed by atoms with Gasteiger partial charge in [0.05, 0.1) is 7.11 Å². The van der Waals surface area contributed by atoms with Gasteiger partial charge in [0.25, 0.3) is 5.91 Å². The molecular formula is C20H18N6O2. The number of hydrogen-bond donors (Lipinski definition) is 2. The number of para-hydroxylation sites is 1. The van der Waals surface area contributed by atoms with Crippen molar-refractivity contribution in [3.05, 3.63) is 72.1 Å². The standard InChI is InChI=1S/C20H18N6O2/c1-28-16-7-3-2-5-13(16)12-23-20(27)15-9-17(21)26-18(10-15)24-19(25-26)14-6-4-8-22-11-14/h2-11H,12,21H2,1H3,(H,23,27). The van der Waals surface area contributed by atoms with E-state index in [9.17, 15) is 4.79 Å². The fourth-order valence-electron chi connectivity index (χ4n) is 2.88. The van der Waals surface area contributed by atoms with Crippen molar-refractivity contribution in [2.24, 2.45) is 0 Å². The van der Waals surface area contributed by atoms with Crippen LogP contribution in [0.25, 0.3) is 17.0 Å². The summed E-state index contributed by atoms with van der Waals surface area (Å²) in [4.78, 5) is 21.2. The number of amides is 1. The molecule has 0 saturated heterocycles. The van der Waals surface area contributed by atoms with Gasteiger partial charge in [0.1, 0.15) is 11.6 Å². The van der Waals surface area contributed by atoms with Crippen molar-refractivity contribution < 1.29 is 9.53 Å². The highest BCUT2D eigenvalue weighted by Crippen LogP contribution is 2.19. The van der Waals surface area contributed by atoms with Crippen LogP contribution >= 0.6 is 0 Å². The number of fused-ring (bicyclic) bond motifs is 1. The Balaban J connectivity index is 1.59. The topological polar surface area (TPSA) is 107 Å². The number of nitrogens with one attached hydrogen (secondary N) is 1. The second-order valence-electron chi connectivity index (χ2n) is 6.11. The Morgan fingerprint density at radius 2 is 2.07 bits per heavy atom. The lowest BCUT2D eigenvalue weighted by molar-refractivity contribution is 0.0950. The van der Waals surface area contributed by atoms with E-state index in [-0.39, 0.29) is 5.91 Å². The first-order valence-electron chi connectivity index (χ1n) is 8.62. The quantitative estimate of drug-likeness (QED) is 0.555. The summed E-state index contributed by atoms with van der Waals surface area (Å²) < 4.78 is 6.81. The Morgan fingerprint density at radius 1 is 1.21 bits per heavy atom. The van der Waals surface area contributed by atoms with Gasteiger partial charge in [-0.25, -0.2) is 4.98 Å². The fraction of sp³-hybridized carbons (Fsp3) is 0.100. The van der Waals surface area contributed by atoms with Crippen molar-refractivity contribution in [1.29, 1.82) is 0 Å². The van der Waals surface area contributed by atoms with Crippen LogP contribution in [-0.2, 0) is 6.54 Å². The van der Waals surface area contributed by atoms with Crippen LogP contribution in [0, 0.1) is 0 Å². The predicted octanol–water partition coefficient (Wildman–Crippen LogP) is 2.31. The van der Waals surface area contributed by atoms with Crippen LogP contribution in [0.15, 0.2) is 60.9 Å². The van der Waals surface area contributed by atoms with Gasteiger partial charge in [0.15, 0.2) is 11.5 Å². The molecule has 0 saturated carbocycles. The number of carbonyl (C=O) groups is 1. The highest BCUT2D eigenvalue weighted by molar-refractivity contribution is 5.96. The maximum Gasteiger partial charge on any atom is 0.251 e. The molecule has 140 valence electrons. The molecule has 0 spiro atoms. The first-order valence-corrected chi connectivity index (χ1v) is 8.62. The predicted molar refractivity (Wildman–Crippen MR) is 105 cm³/mol. The van der Waals surface area contributed by atoms with Crippen LogP contribution in [0.2, 0.25) is 0 Å². The molecule has 0 atom stereocenters. The number of nitrogens with zero attached hydrogens (tertiary/aromatic N) is 4. The summed E-state index contributed by atoms with van der Waals surface area (Å²) in [5.74, 6) is 1.27. The van der Waals surface area contributed by atoms with E-state index in [1.807, 2.05) is 30.3 Å². The minimum Gasteiger partial charge on any atom is -0.496 e. The van der Waals surface area contributed by atoms with E-state index in [1.54, 1.807) is 37.7 Å². The maximum absolute atomic E-state index is 12.6. The molecule has 3 N–H and O–H groups in total. The highest BCUT2D eigenvalue weighted by Gasteiger charge is 2.14. The Labute approximate surface area is 161 Å². The minimum absolute atomic E-state index is 0.258. The number of pyridine rings is 2. The summed E-state index contributed by atoms with van der Waals surface area (Å²) in [6.07, 6.45) is 3.35. The number of hydrogen-bond acceptors (Lipinski definition) is 6. The fourth-order valence-corrected chi connectivity index (χ4v) is 2.88. The second-order valence-corrected chi connectivity index (χ2v) is 6.11. The maximum atomic E-state index is 12.6. The third-order valence-electron chi connectivity index (χ3n) is 4.28. The number of nitrogens with two attached hydrogens (primary N) is 1. The van der Waals surface area contributed by atoms with Gasteiger partial charge >= 0.3 is 0 Å². The van der Waals surface area contributed by atoms with Crippen molar-refractivity contribution in [1.82, 2.24) is 24.9 Å². The average molecular weight is 374 g/mol. The third kappa shape index (κ3) is 3.35. The molecule has 8 heteroatoms. The smallest absolute Gasteiger partial charge is 0.251 e.